The van der Waals surface area contributed by atoms with E-state index in [1.165, 1.54) is 0 Å². The quantitative estimate of drug-likeness (QED) is 0.355. The molecule has 0 aromatic heterocycles. The third-order valence-corrected chi connectivity index (χ3v) is 0.183. The van der Waals surface area contributed by atoms with E-state index in [2.05, 4.69) is 11.7 Å². The van der Waals surface area contributed by atoms with E-state index in [1.807, 2.05) is 0 Å². The van der Waals surface area contributed by atoms with Crippen LogP contribution in [-0.2, 0) is 0 Å². The first-order valence-electron chi connectivity index (χ1n) is 1.21. The van der Waals surface area contributed by atoms with Crippen LogP contribution in [0, 0.1) is 11.3 Å². The molecular formula is C3H5ClN2. The van der Waals surface area contributed by atoms with E-state index < -0.39 is 0 Å². The first kappa shape index (κ1) is 9.07. The molecule has 0 aromatic rings. The molecule has 0 heterocycles. The third-order valence-electron chi connectivity index (χ3n) is 0.183. The van der Waals surface area contributed by atoms with Crippen molar-refractivity contribution in [3.63, 3.8) is 0 Å². The van der Waals surface area contributed by atoms with Crippen LogP contribution in [0.3, 0.4) is 0 Å². The number of nitrogens with zero attached hydrogens (tertiary/aromatic N) is 2. The van der Waals surface area contributed by atoms with Crippen molar-refractivity contribution >= 4 is 19.1 Å². The van der Waals surface area contributed by atoms with Gasteiger partial charge >= 0.3 is 0 Å². The van der Waals surface area contributed by atoms with Gasteiger partial charge in [0.25, 0.3) is 0 Å². The number of hydrogen-bond acceptors (Lipinski definition) is 2. The van der Waals surface area contributed by atoms with Gasteiger partial charge in [-0.25, -0.2) is 0 Å². The minimum Gasteiger partial charge on any atom is -0.286 e. The van der Waals surface area contributed by atoms with Crippen molar-refractivity contribution in [3.05, 3.63) is 0 Å². The summed E-state index contributed by atoms with van der Waals surface area (Å²) in [6.45, 7) is 3.29. The van der Waals surface area contributed by atoms with Crippen LogP contribution in [0.1, 0.15) is 0 Å². The van der Waals surface area contributed by atoms with Gasteiger partial charge in [-0.05, 0) is 6.72 Å². The lowest BCUT2D eigenvalue weighted by Crippen LogP contribution is -1.61. The number of halogens is 1. The summed E-state index contributed by atoms with van der Waals surface area (Å²) in [5.41, 5.74) is 0. The maximum Gasteiger partial charge on any atom is 0.125 e. The van der Waals surface area contributed by atoms with Gasteiger partial charge in [-0.1, -0.05) is 0 Å². The van der Waals surface area contributed by atoms with E-state index in [0.29, 0.717) is 0 Å². The molecule has 0 bridgehead atoms. The van der Waals surface area contributed by atoms with Gasteiger partial charge in [-0.2, -0.15) is 5.26 Å². The number of hydrogen-bond donors (Lipinski definition) is 0. The van der Waals surface area contributed by atoms with Crippen molar-refractivity contribution in [3.8, 4) is 6.07 Å². The van der Waals surface area contributed by atoms with Crippen molar-refractivity contribution in [2.75, 3.05) is 6.54 Å². The molecule has 0 spiro atoms. The molecule has 0 saturated heterocycles. The van der Waals surface area contributed by atoms with Gasteiger partial charge in [0.1, 0.15) is 6.54 Å². The summed E-state index contributed by atoms with van der Waals surface area (Å²) in [6, 6.07) is 1.79. The predicted molar refractivity (Wildman–Crippen MR) is 27.3 cm³/mol. The highest BCUT2D eigenvalue weighted by Crippen LogP contribution is 1.52. The van der Waals surface area contributed by atoms with E-state index in [1.54, 1.807) is 6.07 Å². The molecule has 0 aliphatic carbocycles. The minimum absolute atomic E-state index is 0. The van der Waals surface area contributed by atoms with Crippen molar-refractivity contribution in [1.82, 2.24) is 0 Å². The Morgan fingerprint density at radius 2 is 2.33 bits per heavy atom. The first-order chi connectivity index (χ1) is 2.41. The maximum atomic E-state index is 7.68. The number of nitriles is 1. The number of aliphatic imine (C=N–C) groups is 1. The van der Waals surface area contributed by atoms with Gasteiger partial charge in [-0.3, -0.25) is 4.99 Å². The molecule has 3 heteroatoms. The molecule has 0 N–H and O–H groups in total. The molecule has 0 amide bonds. The molecule has 0 aromatic carbocycles. The zero-order chi connectivity index (χ0) is 4.12. The Morgan fingerprint density at radius 3 is 2.33 bits per heavy atom. The van der Waals surface area contributed by atoms with Gasteiger partial charge in [-0.15, -0.1) is 12.4 Å². The largest absolute Gasteiger partial charge is 0.286 e. The van der Waals surface area contributed by atoms with Crippen LogP contribution in [0.15, 0.2) is 4.99 Å². The van der Waals surface area contributed by atoms with Gasteiger partial charge in [0.2, 0.25) is 0 Å². The second-order valence-corrected chi connectivity index (χ2v) is 0.540. The molecular weight excluding hydrogens is 99.5 g/mol. The summed E-state index contributed by atoms with van der Waals surface area (Å²) >= 11 is 0. The van der Waals surface area contributed by atoms with Gasteiger partial charge in [0.05, 0.1) is 6.07 Å². The van der Waals surface area contributed by atoms with E-state index >= 15 is 0 Å². The molecule has 0 atom stereocenters. The van der Waals surface area contributed by atoms with E-state index in [-0.39, 0.29) is 19.0 Å². The van der Waals surface area contributed by atoms with Gasteiger partial charge < -0.3 is 0 Å². The van der Waals surface area contributed by atoms with Gasteiger partial charge in [0.15, 0.2) is 0 Å². The Morgan fingerprint density at radius 1 is 1.83 bits per heavy atom. The van der Waals surface area contributed by atoms with Crippen molar-refractivity contribution in [1.29, 1.82) is 5.26 Å². The second kappa shape index (κ2) is 8.82. The Kier molecular flexibility index (Phi) is 13.3. The molecule has 2 nitrogen and oxygen atoms in total. The average Bonchev–Trinajstić information content (AvgIpc) is 1.41. The Bertz CT molecular complexity index is 63.7. The van der Waals surface area contributed by atoms with Crippen molar-refractivity contribution in [2.45, 2.75) is 0 Å². The summed E-state index contributed by atoms with van der Waals surface area (Å²) in [7, 11) is 0. The predicted octanol–water partition coefficient (Wildman–Crippen LogP) is 0.632. The van der Waals surface area contributed by atoms with Gasteiger partial charge in [0, 0.05) is 0 Å². The standard InChI is InChI=1S/C3H4N2.ClH/c1-5-3-2-4;/h1,3H2;1H. The molecule has 0 rings (SSSR count). The number of rotatable bonds is 1. The lowest BCUT2D eigenvalue weighted by molar-refractivity contribution is 1.26. The summed E-state index contributed by atoms with van der Waals surface area (Å²) in [5.74, 6) is 0. The van der Waals surface area contributed by atoms with Crippen LogP contribution in [0.2, 0.25) is 0 Å². The lowest BCUT2D eigenvalue weighted by Gasteiger charge is -1.59. The SMILES string of the molecule is C=NCC#N.Cl. The monoisotopic (exact) mass is 104 g/mol. The Hall–Kier alpha value is -0.550. The van der Waals surface area contributed by atoms with Crippen LogP contribution in [-0.4, -0.2) is 13.3 Å². The molecule has 0 radical (unpaired) electrons. The van der Waals surface area contributed by atoms with E-state index in [4.69, 9.17) is 5.26 Å². The highest BCUT2D eigenvalue weighted by Gasteiger charge is 1.56. The fourth-order valence-corrected chi connectivity index (χ4v) is 0.0500. The normalized spacial score (nSPS) is 4.50. The van der Waals surface area contributed by atoms with Crippen LogP contribution in [0.5, 0.6) is 0 Å². The fraction of sp³-hybridized carbons (Fsp3) is 0.333. The third kappa shape index (κ3) is 9.85. The zero-order valence-electron chi connectivity index (χ0n) is 3.22. The molecule has 0 unspecified atom stereocenters. The first-order valence-corrected chi connectivity index (χ1v) is 1.21. The summed E-state index contributed by atoms with van der Waals surface area (Å²) in [5, 5.41) is 7.68. The Balaban J connectivity index is 0. The lowest BCUT2D eigenvalue weighted by atomic mass is 10.8. The van der Waals surface area contributed by atoms with Crippen LogP contribution in [0.25, 0.3) is 0 Å². The molecule has 0 aliphatic heterocycles. The highest BCUT2D eigenvalue weighted by molar-refractivity contribution is 5.85. The molecule has 0 aliphatic rings. The molecule has 34 valence electrons. The van der Waals surface area contributed by atoms with Crippen LogP contribution >= 0.6 is 12.4 Å². The average molecular weight is 105 g/mol. The summed E-state index contributed by atoms with van der Waals surface area (Å²) < 4.78 is 0. The zero-order valence-corrected chi connectivity index (χ0v) is 4.03. The second-order valence-electron chi connectivity index (χ2n) is 0.540. The minimum atomic E-state index is 0. The highest BCUT2D eigenvalue weighted by atomic mass is 35.5. The van der Waals surface area contributed by atoms with E-state index in [9.17, 15) is 0 Å². The van der Waals surface area contributed by atoms with Crippen LogP contribution in [0.4, 0.5) is 0 Å². The smallest absolute Gasteiger partial charge is 0.125 e. The summed E-state index contributed by atoms with van der Waals surface area (Å²) in [6.07, 6.45) is 0. The molecule has 0 fully saturated rings. The maximum absolute atomic E-state index is 7.68. The molecule has 0 saturated carbocycles. The van der Waals surface area contributed by atoms with Crippen molar-refractivity contribution in [2.24, 2.45) is 4.99 Å². The van der Waals surface area contributed by atoms with Crippen LogP contribution < -0.4 is 0 Å². The molecule has 6 heavy (non-hydrogen) atoms. The Labute approximate surface area is 42.9 Å². The summed E-state index contributed by atoms with van der Waals surface area (Å²) in [4.78, 5) is 3.24. The fourth-order valence-electron chi connectivity index (χ4n) is 0.0500. The topological polar surface area (TPSA) is 36.1 Å². The van der Waals surface area contributed by atoms with E-state index in [0.717, 1.165) is 0 Å². The van der Waals surface area contributed by atoms with Crippen molar-refractivity contribution < 1.29 is 0 Å².